The average molecular weight is 341 g/mol. The second-order valence-electron chi connectivity index (χ2n) is 6.69. The van der Waals surface area contributed by atoms with Gasteiger partial charge in [0.1, 0.15) is 5.82 Å². The molecule has 2 aromatic rings. The van der Waals surface area contributed by atoms with Crippen molar-refractivity contribution in [3.63, 3.8) is 0 Å². The van der Waals surface area contributed by atoms with Crippen LogP contribution >= 0.6 is 0 Å². The Bertz CT molecular complexity index is 707. The number of likely N-dealkylation sites (tertiary alicyclic amines) is 1. The van der Waals surface area contributed by atoms with Crippen molar-refractivity contribution in [3.8, 4) is 0 Å². The fourth-order valence-corrected chi connectivity index (χ4v) is 3.47. The molecule has 2 heterocycles. The third-order valence-corrected chi connectivity index (χ3v) is 4.64. The molecule has 132 valence electrons. The Balaban J connectivity index is 1.66. The van der Waals surface area contributed by atoms with Gasteiger partial charge in [-0.25, -0.2) is 4.39 Å². The molecule has 25 heavy (non-hydrogen) atoms. The smallest absolute Gasteiger partial charge is 0.237 e. The van der Waals surface area contributed by atoms with Gasteiger partial charge in [-0.3, -0.25) is 14.7 Å². The van der Waals surface area contributed by atoms with Crippen molar-refractivity contribution < 1.29 is 9.18 Å². The third-order valence-electron chi connectivity index (χ3n) is 4.64. The Kier molecular flexibility index (Phi) is 5.76. The van der Waals surface area contributed by atoms with Gasteiger partial charge in [-0.2, -0.15) is 0 Å². The molecule has 1 amide bonds. The van der Waals surface area contributed by atoms with Crippen LogP contribution < -0.4 is 0 Å². The van der Waals surface area contributed by atoms with Crippen LogP contribution in [0.5, 0.6) is 0 Å². The number of pyridine rings is 1. The number of likely N-dealkylation sites (N-methyl/N-ethyl adjacent to an activating group) is 1. The molecule has 1 aliphatic heterocycles. The summed E-state index contributed by atoms with van der Waals surface area (Å²) in [4.78, 5) is 20.9. The number of benzene rings is 1. The summed E-state index contributed by atoms with van der Waals surface area (Å²) in [6.07, 6.45) is 6.52. The number of carbonyl (C=O) groups is 1. The van der Waals surface area contributed by atoms with E-state index in [1.54, 1.807) is 18.3 Å². The monoisotopic (exact) mass is 341 g/mol. The molecule has 1 saturated heterocycles. The molecular formula is C20H24FN3O. The minimum absolute atomic E-state index is 0.0243. The first-order valence-corrected chi connectivity index (χ1v) is 8.76. The Morgan fingerprint density at radius 1 is 1.32 bits per heavy atom. The predicted octanol–water partition coefficient (Wildman–Crippen LogP) is 3.41. The van der Waals surface area contributed by atoms with Gasteiger partial charge in [-0.05, 0) is 55.6 Å². The molecule has 4 nitrogen and oxygen atoms in total. The SMILES string of the molecule is CN(CC(=O)N1CCCC[C@@H]1c1cccc(F)c1)Cc1cccnc1. The molecule has 0 N–H and O–H groups in total. The molecule has 0 unspecified atom stereocenters. The largest absolute Gasteiger partial charge is 0.335 e. The zero-order valence-electron chi connectivity index (χ0n) is 14.6. The molecule has 0 aliphatic carbocycles. The van der Waals surface area contributed by atoms with Crippen LogP contribution in [0.3, 0.4) is 0 Å². The van der Waals surface area contributed by atoms with Gasteiger partial charge in [0.15, 0.2) is 0 Å². The first-order chi connectivity index (χ1) is 12.1. The van der Waals surface area contributed by atoms with E-state index in [1.807, 2.05) is 41.2 Å². The molecule has 1 atom stereocenters. The zero-order chi connectivity index (χ0) is 17.6. The first-order valence-electron chi connectivity index (χ1n) is 8.76. The van der Waals surface area contributed by atoms with Crippen molar-refractivity contribution in [2.75, 3.05) is 20.1 Å². The lowest BCUT2D eigenvalue weighted by Gasteiger charge is -2.37. The highest BCUT2D eigenvalue weighted by Crippen LogP contribution is 2.31. The van der Waals surface area contributed by atoms with Crippen LogP contribution in [0.2, 0.25) is 0 Å². The number of hydrogen-bond donors (Lipinski definition) is 0. The molecule has 5 heteroatoms. The minimum Gasteiger partial charge on any atom is -0.335 e. The summed E-state index contributed by atoms with van der Waals surface area (Å²) in [5.41, 5.74) is 1.97. The number of nitrogens with zero attached hydrogens (tertiary/aromatic N) is 3. The maximum absolute atomic E-state index is 13.6. The van der Waals surface area contributed by atoms with E-state index in [0.717, 1.165) is 36.9 Å². The lowest BCUT2D eigenvalue weighted by molar-refractivity contribution is -0.136. The second-order valence-corrected chi connectivity index (χ2v) is 6.69. The lowest BCUT2D eigenvalue weighted by Crippen LogP contribution is -2.43. The third kappa shape index (κ3) is 4.63. The summed E-state index contributed by atoms with van der Waals surface area (Å²) in [7, 11) is 1.94. The van der Waals surface area contributed by atoms with Gasteiger partial charge in [0.2, 0.25) is 5.91 Å². The van der Waals surface area contributed by atoms with Crippen LogP contribution in [-0.2, 0) is 11.3 Å². The second kappa shape index (κ2) is 8.21. The molecule has 0 saturated carbocycles. The Morgan fingerprint density at radius 2 is 2.20 bits per heavy atom. The standard InChI is InChI=1S/C20H24FN3O/c1-23(14-16-6-5-10-22-13-16)15-20(25)24-11-3-2-9-19(24)17-7-4-8-18(21)12-17/h4-8,10,12-13,19H,2-3,9,11,14-15H2,1H3/t19-/m1/s1. The van der Waals surface area contributed by atoms with E-state index in [-0.39, 0.29) is 17.8 Å². The van der Waals surface area contributed by atoms with E-state index in [1.165, 1.54) is 6.07 Å². The molecule has 0 spiro atoms. The van der Waals surface area contributed by atoms with Crippen molar-refractivity contribution in [1.29, 1.82) is 0 Å². The zero-order valence-corrected chi connectivity index (χ0v) is 14.6. The van der Waals surface area contributed by atoms with Gasteiger partial charge in [-0.15, -0.1) is 0 Å². The van der Waals surface area contributed by atoms with Crippen LogP contribution in [0, 0.1) is 5.82 Å². The number of rotatable bonds is 5. The molecule has 1 fully saturated rings. The van der Waals surface area contributed by atoms with E-state index in [0.29, 0.717) is 13.1 Å². The van der Waals surface area contributed by atoms with Crippen molar-refractivity contribution in [2.45, 2.75) is 31.8 Å². The molecule has 0 radical (unpaired) electrons. The number of piperidine rings is 1. The average Bonchev–Trinajstić information content (AvgIpc) is 2.62. The number of carbonyl (C=O) groups excluding carboxylic acids is 1. The van der Waals surface area contributed by atoms with Crippen molar-refractivity contribution in [2.24, 2.45) is 0 Å². The highest BCUT2D eigenvalue weighted by atomic mass is 19.1. The summed E-state index contributed by atoms with van der Waals surface area (Å²) in [6, 6.07) is 10.5. The highest BCUT2D eigenvalue weighted by molar-refractivity contribution is 5.79. The summed E-state index contributed by atoms with van der Waals surface area (Å²) in [5.74, 6) is -0.149. The van der Waals surface area contributed by atoms with Crippen LogP contribution in [0.1, 0.15) is 36.4 Å². The van der Waals surface area contributed by atoms with Crippen molar-refractivity contribution in [1.82, 2.24) is 14.8 Å². The Hall–Kier alpha value is -2.27. The topological polar surface area (TPSA) is 36.4 Å². The van der Waals surface area contributed by atoms with Gasteiger partial charge < -0.3 is 4.90 Å². The van der Waals surface area contributed by atoms with Gasteiger partial charge >= 0.3 is 0 Å². The maximum Gasteiger partial charge on any atom is 0.237 e. The fourth-order valence-electron chi connectivity index (χ4n) is 3.47. The number of hydrogen-bond acceptors (Lipinski definition) is 3. The van der Waals surface area contributed by atoms with Gasteiger partial charge in [-0.1, -0.05) is 18.2 Å². The van der Waals surface area contributed by atoms with Crippen molar-refractivity contribution >= 4 is 5.91 Å². The minimum atomic E-state index is -0.246. The summed E-state index contributed by atoms with van der Waals surface area (Å²) in [6.45, 7) is 1.76. The van der Waals surface area contributed by atoms with E-state index < -0.39 is 0 Å². The lowest BCUT2D eigenvalue weighted by atomic mass is 9.95. The molecular weight excluding hydrogens is 317 g/mol. The van der Waals surface area contributed by atoms with Crippen LogP contribution in [0.15, 0.2) is 48.8 Å². The van der Waals surface area contributed by atoms with E-state index >= 15 is 0 Å². The predicted molar refractivity (Wildman–Crippen MR) is 95.3 cm³/mol. The van der Waals surface area contributed by atoms with E-state index in [9.17, 15) is 9.18 Å². The van der Waals surface area contributed by atoms with Gasteiger partial charge in [0.05, 0.1) is 12.6 Å². The van der Waals surface area contributed by atoms with E-state index in [2.05, 4.69) is 4.98 Å². The number of aromatic nitrogens is 1. The summed E-state index contributed by atoms with van der Waals surface area (Å²) >= 11 is 0. The van der Waals surface area contributed by atoms with Crippen LogP contribution in [-0.4, -0.2) is 40.8 Å². The highest BCUT2D eigenvalue weighted by Gasteiger charge is 2.28. The first kappa shape index (κ1) is 17.5. The van der Waals surface area contributed by atoms with Crippen LogP contribution in [0.25, 0.3) is 0 Å². The van der Waals surface area contributed by atoms with Gasteiger partial charge in [0, 0.05) is 25.5 Å². The molecule has 0 bridgehead atoms. The Labute approximate surface area is 148 Å². The molecule has 1 aliphatic rings. The maximum atomic E-state index is 13.6. The van der Waals surface area contributed by atoms with Crippen LogP contribution in [0.4, 0.5) is 4.39 Å². The quantitative estimate of drug-likeness (QED) is 0.836. The molecule has 1 aromatic heterocycles. The summed E-state index contributed by atoms with van der Waals surface area (Å²) in [5, 5.41) is 0. The fraction of sp³-hybridized carbons (Fsp3) is 0.400. The Morgan fingerprint density at radius 3 is 2.96 bits per heavy atom. The molecule has 1 aromatic carbocycles. The van der Waals surface area contributed by atoms with E-state index in [4.69, 9.17) is 0 Å². The summed E-state index contributed by atoms with van der Waals surface area (Å²) < 4.78 is 13.6. The number of halogens is 1. The van der Waals surface area contributed by atoms with Crippen molar-refractivity contribution in [3.05, 3.63) is 65.7 Å². The molecule has 3 rings (SSSR count). The normalized spacial score (nSPS) is 17.7. The van der Waals surface area contributed by atoms with Gasteiger partial charge in [0.25, 0.3) is 0 Å². The number of amides is 1.